The predicted octanol–water partition coefficient (Wildman–Crippen LogP) is 3.17. The Morgan fingerprint density at radius 1 is 1.00 bits per heavy atom. The van der Waals surface area contributed by atoms with Crippen LogP contribution in [0, 0.1) is 5.41 Å². The standard InChI is InChI=1S/C22H23N5O3/c1-28-15-8-9-18(30-3)16(12-15)21-25-19-20(23)24-13-27(22(19)26-21)11-10-14-6-4-5-7-17(14)29-2/h4-9,12-13,23H,10-11H2,1-3H3,(H,25,26). The van der Waals surface area contributed by atoms with Gasteiger partial charge in [0.05, 0.1) is 33.2 Å². The lowest BCUT2D eigenvalue weighted by Crippen LogP contribution is -2.13. The summed E-state index contributed by atoms with van der Waals surface area (Å²) in [5, 5.41) is 8.20. The topological polar surface area (TPSA) is 98.0 Å². The normalized spacial score (nSPS) is 10.9. The molecule has 154 valence electrons. The zero-order valence-electron chi connectivity index (χ0n) is 17.1. The van der Waals surface area contributed by atoms with Crippen molar-refractivity contribution in [2.24, 2.45) is 0 Å². The maximum atomic E-state index is 8.20. The zero-order chi connectivity index (χ0) is 21.1. The highest BCUT2D eigenvalue weighted by Crippen LogP contribution is 2.32. The van der Waals surface area contributed by atoms with Gasteiger partial charge in [-0.05, 0) is 36.2 Å². The number of hydrogen-bond acceptors (Lipinski definition) is 6. The smallest absolute Gasteiger partial charge is 0.173 e. The Balaban J connectivity index is 1.75. The summed E-state index contributed by atoms with van der Waals surface area (Å²) in [6.45, 7) is 0.643. The fourth-order valence-electron chi connectivity index (χ4n) is 3.42. The third kappa shape index (κ3) is 3.59. The number of rotatable bonds is 7. The molecule has 8 heteroatoms. The number of H-pyrrole nitrogens is 1. The molecule has 0 bridgehead atoms. The Hall–Kier alpha value is -3.81. The monoisotopic (exact) mass is 405 g/mol. The van der Waals surface area contributed by atoms with E-state index in [1.807, 2.05) is 47.0 Å². The molecule has 4 rings (SSSR count). The summed E-state index contributed by atoms with van der Waals surface area (Å²) >= 11 is 0. The number of nitrogens with one attached hydrogen (secondary N) is 2. The largest absolute Gasteiger partial charge is 0.497 e. The molecule has 2 N–H and O–H groups in total. The van der Waals surface area contributed by atoms with E-state index in [1.54, 1.807) is 27.7 Å². The molecule has 0 amide bonds. The number of aryl methyl sites for hydroxylation is 2. The number of hydrogen-bond donors (Lipinski definition) is 2. The summed E-state index contributed by atoms with van der Waals surface area (Å²) in [5.41, 5.74) is 3.21. The molecule has 0 aliphatic carbocycles. The zero-order valence-corrected chi connectivity index (χ0v) is 17.1. The van der Waals surface area contributed by atoms with Crippen LogP contribution in [0.25, 0.3) is 22.6 Å². The Morgan fingerprint density at radius 3 is 2.57 bits per heavy atom. The van der Waals surface area contributed by atoms with Crippen LogP contribution in [0.15, 0.2) is 48.8 Å². The van der Waals surface area contributed by atoms with E-state index in [0.29, 0.717) is 35.0 Å². The number of aromatic amines is 1. The van der Waals surface area contributed by atoms with E-state index in [2.05, 4.69) is 9.97 Å². The fraction of sp³-hybridized carbons (Fsp3) is 0.227. The second-order valence-electron chi connectivity index (χ2n) is 6.70. The van der Waals surface area contributed by atoms with Crippen molar-refractivity contribution in [3.05, 3.63) is 59.8 Å². The third-order valence-electron chi connectivity index (χ3n) is 5.00. The van der Waals surface area contributed by atoms with E-state index in [0.717, 1.165) is 23.3 Å². The second kappa shape index (κ2) is 8.28. The van der Waals surface area contributed by atoms with Gasteiger partial charge in [-0.1, -0.05) is 18.2 Å². The first-order chi connectivity index (χ1) is 14.6. The van der Waals surface area contributed by atoms with Gasteiger partial charge in [-0.25, -0.2) is 9.97 Å². The van der Waals surface area contributed by atoms with E-state index in [1.165, 1.54) is 0 Å². The van der Waals surface area contributed by atoms with Crippen LogP contribution in [-0.4, -0.2) is 40.8 Å². The highest BCUT2D eigenvalue weighted by Gasteiger charge is 2.15. The minimum atomic E-state index is 0.138. The average Bonchev–Trinajstić information content (AvgIpc) is 3.25. The number of nitrogens with zero attached hydrogens (tertiary/aromatic N) is 3. The van der Waals surface area contributed by atoms with E-state index in [-0.39, 0.29) is 5.49 Å². The van der Waals surface area contributed by atoms with Crippen LogP contribution < -0.4 is 19.7 Å². The number of aromatic nitrogens is 4. The molecule has 0 saturated carbocycles. The van der Waals surface area contributed by atoms with Gasteiger partial charge in [0.1, 0.15) is 28.6 Å². The number of para-hydroxylation sites is 1. The molecule has 0 aliphatic heterocycles. The van der Waals surface area contributed by atoms with Gasteiger partial charge in [0, 0.05) is 6.54 Å². The molecule has 2 aromatic carbocycles. The summed E-state index contributed by atoms with van der Waals surface area (Å²) in [6.07, 6.45) is 2.39. The van der Waals surface area contributed by atoms with Gasteiger partial charge >= 0.3 is 0 Å². The van der Waals surface area contributed by atoms with Gasteiger partial charge in [-0.15, -0.1) is 0 Å². The van der Waals surface area contributed by atoms with E-state index in [4.69, 9.17) is 24.6 Å². The number of benzene rings is 2. The number of ether oxygens (including phenoxy) is 3. The first-order valence-corrected chi connectivity index (χ1v) is 9.48. The van der Waals surface area contributed by atoms with Gasteiger partial charge in [0.15, 0.2) is 11.1 Å². The van der Waals surface area contributed by atoms with Crippen LogP contribution in [0.5, 0.6) is 17.2 Å². The van der Waals surface area contributed by atoms with Gasteiger partial charge < -0.3 is 23.8 Å². The highest BCUT2D eigenvalue weighted by atomic mass is 16.5. The van der Waals surface area contributed by atoms with Crippen molar-refractivity contribution in [3.8, 4) is 28.6 Å². The molecule has 0 fully saturated rings. The van der Waals surface area contributed by atoms with Crippen molar-refractivity contribution in [1.29, 1.82) is 5.41 Å². The molecule has 2 heterocycles. The van der Waals surface area contributed by atoms with E-state index in [9.17, 15) is 0 Å². The molecule has 0 atom stereocenters. The molecule has 0 unspecified atom stereocenters. The van der Waals surface area contributed by atoms with Crippen molar-refractivity contribution >= 4 is 11.2 Å². The van der Waals surface area contributed by atoms with Crippen molar-refractivity contribution in [2.75, 3.05) is 21.3 Å². The first kappa shape index (κ1) is 19.5. The van der Waals surface area contributed by atoms with Gasteiger partial charge in [0.25, 0.3) is 0 Å². The Labute approximate surface area is 173 Å². The number of imidazole rings is 1. The molecule has 2 aromatic heterocycles. The molecule has 0 aliphatic rings. The maximum Gasteiger partial charge on any atom is 0.173 e. The quantitative estimate of drug-likeness (QED) is 0.492. The van der Waals surface area contributed by atoms with Crippen LogP contribution in [0.3, 0.4) is 0 Å². The SMILES string of the molecule is COc1ccc(OC)c(-c2nc3c([nH]2)c(=N)ncn3CCc2ccccc2OC)c1. The number of methoxy groups -OCH3 is 3. The molecule has 8 nitrogen and oxygen atoms in total. The summed E-state index contributed by atoms with van der Waals surface area (Å²) in [4.78, 5) is 12.2. The lowest BCUT2D eigenvalue weighted by Gasteiger charge is -2.10. The van der Waals surface area contributed by atoms with E-state index < -0.39 is 0 Å². The van der Waals surface area contributed by atoms with Crippen LogP contribution in [0.1, 0.15) is 5.56 Å². The summed E-state index contributed by atoms with van der Waals surface area (Å²) in [7, 11) is 4.89. The summed E-state index contributed by atoms with van der Waals surface area (Å²) in [5.74, 6) is 2.80. The Kier molecular flexibility index (Phi) is 5.38. The molecule has 30 heavy (non-hydrogen) atoms. The molecular formula is C22H23N5O3. The minimum absolute atomic E-state index is 0.138. The van der Waals surface area contributed by atoms with Crippen LogP contribution >= 0.6 is 0 Å². The third-order valence-corrected chi connectivity index (χ3v) is 5.00. The second-order valence-corrected chi connectivity index (χ2v) is 6.70. The van der Waals surface area contributed by atoms with Crippen LogP contribution in [0.2, 0.25) is 0 Å². The van der Waals surface area contributed by atoms with E-state index >= 15 is 0 Å². The number of fused-ring (bicyclic) bond motifs is 1. The highest BCUT2D eigenvalue weighted by molar-refractivity contribution is 5.77. The van der Waals surface area contributed by atoms with Gasteiger partial charge in [0.2, 0.25) is 0 Å². The van der Waals surface area contributed by atoms with Crippen molar-refractivity contribution in [2.45, 2.75) is 13.0 Å². The Morgan fingerprint density at radius 2 is 1.80 bits per heavy atom. The van der Waals surface area contributed by atoms with Crippen molar-refractivity contribution in [3.63, 3.8) is 0 Å². The molecule has 0 radical (unpaired) electrons. The average molecular weight is 405 g/mol. The summed E-state index contributed by atoms with van der Waals surface area (Å²) in [6, 6.07) is 13.4. The molecule has 0 spiro atoms. The molecule has 0 saturated heterocycles. The fourth-order valence-corrected chi connectivity index (χ4v) is 3.42. The van der Waals surface area contributed by atoms with Crippen molar-refractivity contribution in [1.82, 2.24) is 19.5 Å². The minimum Gasteiger partial charge on any atom is -0.497 e. The lowest BCUT2D eigenvalue weighted by molar-refractivity contribution is 0.404. The summed E-state index contributed by atoms with van der Waals surface area (Å²) < 4.78 is 18.2. The lowest BCUT2D eigenvalue weighted by atomic mass is 10.1. The maximum absolute atomic E-state index is 8.20. The first-order valence-electron chi connectivity index (χ1n) is 9.48. The Bertz CT molecular complexity index is 1250. The van der Waals surface area contributed by atoms with Crippen molar-refractivity contribution < 1.29 is 14.2 Å². The molecular weight excluding hydrogens is 382 g/mol. The van der Waals surface area contributed by atoms with Gasteiger partial charge in [-0.3, -0.25) is 5.41 Å². The van der Waals surface area contributed by atoms with Crippen LogP contribution in [-0.2, 0) is 13.0 Å². The molecule has 4 aromatic rings. The van der Waals surface area contributed by atoms with Crippen LogP contribution in [0.4, 0.5) is 0 Å². The van der Waals surface area contributed by atoms with Gasteiger partial charge in [-0.2, -0.15) is 0 Å². The predicted molar refractivity (Wildman–Crippen MR) is 113 cm³/mol.